The minimum absolute atomic E-state index is 0.704. The van der Waals surface area contributed by atoms with Crippen molar-refractivity contribution in [2.24, 2.45) is 0 Å². The molecule has 104 valence electrons. The zero-order valence-corrected chi connectivity index (χ0v) is 10.4. The van der Waals surface area contributed by atoms with Crippen molar-refractivity contribution in [3.8, 4) is 0 Å². The molecule has 0 heterocycles. The lowest BCUT2D eigenvalue weighted by atomic mass is 10.4. The fraction of sp³-hybridized carbons (Fsp3) is 1.00. The number of hydrogen-bond donors (Lipinski definition) is 2. The SMILES string of the molecule is CS(=O)(=O)CCS(=O)(=O)NCC(O)C(F)(F)F. The zero-order chi connectivity index (χ0) is 13.9. The Hall–Kier alpha value is -0.390. The highest BCUT2D eigenvalue weighted by Crippen LogP contribution is 2.19. The molecule has 11 heteroatoms. The molecular weight excluding hydrogens is 287 g/mol. The van der Waals surface area contributed by atoms with Gasteiger partial charge in [-0.1, -0.05) is 0 Å². The highest BCUT2D eigenvalue weighted by Gasteiger charge is 2.38. The molecule has 0 saturated carbocycles. The van der Waals surface area contributed by atoms with Gasteiger partial charge in [-0.05, 0) is 0 Å². The number of aliphatic hydroxyl groups is 1. The highest BCUT2D eigenvalue weighted by atomic mass is 32.2. The second-order valence-corrected chi connectivity index (χ2v) is 7.54. The molecule has 0 fully saturated rings. The van der Waals surface area contributed by atoms with E-state index in [2.05, 4.69) is 0 Å². The smallest absolute Gasteiger partial charge is 0.382 e. The maximum absolute atomic E-state index is 11.8. The van der Waals surface area contributed by atoms with Crippen molar-refractivity contribution in [1.29, 1.82) is 0 Å². The van der Waals surface area contributed by atoms with Crippen molar-refractivity contribution in [2.75, 3.05) is 24.3 Å². The van der Waals surface area contributed by atoms with Crippen molar-refractivity contribution >= 4 is 19.9 Å². The normalized spacial score (nSPS) is 15.8. The number of alkyl halides is 3. The molecule has 0 rings (SSSR count). The van der Waals surface area contributed by atoms with Gasteiger partial charge in [0.05, 0.1) is 11.5 Å². The standard InChI is InChI=1S/C6H12F3NO5S2/c1-16(12,13)2-3-17(14,15)10-4-5(11)6(7,8)9/h5,10-11H,2-4H2,1H3. The Balaban J connectivity index is 4.30. The number of sulfone groups is 1. The second-order valence-electron chi connectivity index (χ2n) is 3.35. The molecule has 1 unspecified atom stereocenters. The Morgan fingerprint density at radius 3 is 2.00 bits per heavy atom. The van der Waals surface area contributed by atoms with Gasteiger partial charge in [0.15, 0.2) is 6.10 Å². The van der Waals surface area contributed by atoms with Crippen LogP contribution in [0.1, 0.15) is 0 Å². The summed E-state index contributed by atoms with van der Waals surface area (Å²) in [5, 5.41) is 8.51. The molecule has 0 amide bonds. The molecule has 0 aliphatic carbocycles. The number of hydrogen-bond acceptors (Lipinski definition) is 5. The lowest BCUT2D eigenvalue weighted by molar-refractivity contribution is -0.200. The van der Waals surface area contributed by atoms with Crippen LogP contribution < -0.4 is 4.72 Å². The molecule has 0 aromatic rings. The summed E-state index contributed by atoms with van der Waals surface area (Å²) in [6.45, 7) is -1.24. The zero-order valence-electron chi connectivity index (χ0n) is 8.73. The lowest BCUT2D eigenvalue weighted by Crippen LogP contribution is -2.42. The van der Waals surface area contributed by atoms with Crippen molar-refractivity contribution in [3.05, 3.63) is 0 Å². The maximum atomic E-state index is 11.8. The third kappa shape index (κ3) is 8.35. The third-order valence-electron chi connectivity index (χ3n) is 1.60. The molecule has 17 heavy (non-hydrogen) atoms. The van der Waals surface area contributed by atoms with E-state index in [0.29, 0.717) is 0 Å². The monoisotopic (exact) mass is 299 g/mol. The first kappa shape index (κ1) is 16.6. The van der Waals surface area contributed by atoms with Crippen LogP contribution in [0.5, 0.6) is 0 Å². The summed E-state index contributed by atoms with van der Waals surface area (Å²) in [5.41, 5.74) is 0. The fourth-order valence-corrected chi connectivity index (χ4v) is 3.30. The van der Waals surface area contributed by atoms with Crippen molar-refractivity contribution < 1.29 is 35.1 Å². The number of aliphatic hydroxyl groups excluding tert-OH is 1. The summed E-state index contributed by atoms with van der Waals surface area (Å²) in [7, 11) is -7.69. The van der Waals surface area contributed by atoms with Gasteiger partial charge in [0, 0.05) is 12.8 Å². The number of rotatable bonds is 6. The average Bonchev–Trinajstić information content (AvgIpc) is 2.09. The predicted octanol–water partition coefficient (Wildman–Crippen LogP) is -1.13. The summed E-state index contributed by atoms with van der Waals surface area (Å²) in [4.78, 5) is 0. The van der Waals surface area contributed by atoms with Crippen LogP contribution in [0.25, 0.3) is 0 Å². The van der Waals surface area contributed by atoms with E-state index in [9.17, 15) is 30.0 Å². The highest BCUT2D eigenvalue weighted by molar-refractivity contribution is 7.93. The summed E-state index contributed by atoms with van der Waals surface area (Å²) in [6, 6.07) is 0. The predicted molar refractivity (Wildman–Crippen MR) is 53.6 cm³/mol. The molecule has 0 aromatic carbocycles. The molecule has 0 radical (unpaired) electrons. The third-order valence-corrected chi connectivity index (χ3v) is 4.15. The number of halogens is 3. The first-order valence-corrected chi connectivity index (χ1v) is 7.94. The van der Waals surface area contributed by atoms with E-state index in [0.717, 1.165) is 6.26 Å². The van der Waals surface area contributed by atoms with Gasteiger partial charge in [-0.2, -0.15) is 13.2 Å². The van der Waals surface area contributed by atoms with Crippen molar-refractivity contribution in [1.82, 2.24) is 4.72 Å². The summed E-state index contributed by atoms with van der Waals surface area (Å²) in [5.74, 6) is -1.55. The van der Waals surface area contributed by atoms with Crippen LogP contribution in [0.3, 0.4) is 0 Å². The largest absolute Gasteiger partial charge is 0.415 e. The number of sulfonamides is 1. The van der Waals surface area contributed by atoms with E-state index >= 15 is 0 Å². The topological polar surface area (TPSA) is 101 Å². The molecular formula is C6H12F3NO5S2. The van der Waals surface area contributed by atoms with Crippen molar-refractivity contribution in [3.63, 3.8) is 0 Å². The van der Waals surface area contributed by atoms with Gasteiger partial charge in [-0.3, -0.25) is 0 Å². The minimum atomic E-state index is -4.93. The quantitative estimate of drug-likeness (QED) is 0.646. The van der Waals surface area contributed by atoms with Crippen molar-refractivity contribution in [2.45, 2.75) is 12.3 Å². The fourth-order valence-electron chi connectivity index (χ4n) is 0.655. The molecule has 0 aromatic heterocycles. The molecule has 6 nitrogen and oxygen atoms in total. The molecule has 0 saturated heterocycles. The Labute approximate surface area is 96.8 Å². The first-order chi connectivity index (χ1) is 7.33. The van der Waals surface area contributed by atoms with Gasteiger partial charge in [-0.25, -0.2) is 21.6 Å². The molecule has 0 aliphatic rings. The van der Waals surface area contributed by atoms with E-state index in [1.165, 1.54) is 4.72 Å². The molecule has 0 bridgehead atoms. The Morgan fingerprint density at radius 1 is 1.18 bits per heavy atom. The average molecular weight is 299 g/mol. The Bertz CT molecular complexity index is 441. The maximum Gasteiger partial charge on any atom is 0.415 e. The Kier molecular flexibility index (Phi) is 5.38. The molecule has 0 spiro atoms. The van der Waals surface area contributed by atoms with Crippen LogP contribution in [0.15, 0.2) is 0 Å². The van der Waals surface area contributed by atoms with Crippen LogP contribution in [0.2, 0.25) is 0 Å². The summed E-state index contributed by atoms with van der Waals surface area (Å²) < 4.78 is 80.3. The van der Waals surface area contributed by atoms with Gasteiger partial charge < -0.3 is 5.11 Å². The summed E-state index contributed by atoms with van der Waals surface area (Å²) >= 11 is 0. The second kappa shape index (κ2) is 5.50. The van der Waals surface area contributed by atoms with Crippen LogP contribution in [-0.2, 0) is 19.9 Å². The van der Waals surface area contributed by atoms with Gasteiger partial charge >= 0.3 is 6.18 Å². The minimum Gasteiger partial charge on any atom is -0.382 e. The van der Waals surface area contributed by atoms with Crippen LogP contribution in [-0.4, -0.2) is 58.5 Å². The summed E-state index contributed by atoms with van der Waals surface area (Å²) in [6.07, 6.45) is -6.96. The molecule has 1 atom stereocenters. The van der Waals surface area contributed by atoms with Crippen LogP contribution in [0.4, 0.5) is 13.2 Å². The Morgan fingerprint density at radius 2 is 1.65 bits per heavy atom. The molecule has 0 aliphatic heterocycles. The van der Waals surface area contributed by atoms with E-state index in [1.54, 1.807) is 0 Å². The van der Waals surface area contributed by atoms with E-state index in [-0.39, 0.29) is 0 Å². The van der Waals surface area contributed by atoms with Crippen LogP contribution in [0, 0.1) is 0 Å². The lowest BCUT2D eigenvalue weighted by Gasteiger charge is -2.14. The van der Waals surface area contributed by atoms with Gasteiger partial charge in [0.2, 0.25) is 10.0 Å². The van der Waals surface area contributed by atoms with Gasteiger partial charge in [0.1, 0.15) is 9.84 Å². The van der Waals surface area contributed by atoms with Crippen LogP contribution >= 0.6 is 0 Å². The number of nitrogens with one attached hydrogen (secondary N) is 1. The van der Waals surface area contributed by atoms with Gasteiger partial charge in [0.25, 0.3) is 0 Å². The van der Waals surface area contributed by atoms with E-state index in [4.69, 9.17) is 5.11 Å². The first-order valence-electron chi connectivity index (χ1n) is 4.23. The van der Waals surface area contributed by atoms with Gasteiger partial charge in [-0.15, -0.1) is 0 Å². The van der Waals surface area contributed by atoms with E-state index in [1.807, 2.05) is 0 Å². The molecule has 2 N–H and O–H groups in total. The van der Waals surface area contributed by atoms with E-state index < -0.39 is 50.2 Å².